The van der Waals surface area contributed by atoms with Crippen LogP contribution >= 0.6 is 35.3 Å². The Hall–Kier alpha value is -3.30. The van der Waals surface area contributed by atoms with Crippen LogP contribution in [0.2, 0.25) is 0 Å². The number of amides is 3. The maximum atomic E-state index is 13.6. The molecular formula is C27H27F4N3O5S3. The number of carbonyl (C=O) groups is 4. The Balaban J connectivity index is 1.60. The van der Waals surface area contributed by atoms with Crippen LogP contribution in [0.15, 0.2) is 34.6 Å². The molecule has 0 aliphatic carbocycles. The molecule has 0 spiro atoms. The van der Waals surface area contributed by atoms with Crippen molar-refractivity contribution in [3.8, 4) is 11.1 Å². The second kappa shape index (κ2) is 13.3. The summed E-state index contributed by atoms with van der Waals surface area (Å²) in [7, 11) is 0. The largest absolute Gasteiger partial charge is 0.460 e. The van der Waals surface area contributed by atoms with Crippen LogP contribution in [0.3, 0.4) is 0 Å². The third kappa shape index (κ3) is 9.10. The third-order valence-corrected chi connectivity index (χ3v) is 7.93. The van der Waals surface area contributed by atoms with Gasteiger partial charge >= 0.3 is 12.1 Å². The number of thiophene rings is 1. The number of rotatable bonds is 10. The van der Waals surface area contributed by atoms with E-state index in [2.05, 4.69) is 5.32 Å². The molecule has 2 aromatic rings. The highest BCUT2D eigenvalue weighted by Gasteiger charge is 2.35. The summed E-state index contributed by atoms with van der Waals surface area (Å²) in [6.07, 6.45) is -3.71. The maximum Gasteiger partial charge on any atom is 0.419 e. The smallest absolute Gasteiger partial charge is 0.419 e. The number of hydrogen-bond donors (Lipinski definition) is 2. The number of thiocarbonyl (C=S) groups is 1. The van der Waals surface area contributed by atoms with E-state index >= 15 is 0 Å². The van der Waals surface area contributed by atoms with Gasteiger partial charge in [-0.05, 0) is 68.0 Å². The van der Waals surface area contributed by atoms with E-state index < -0.39 is 52.9 Å². The van der Waals surface area contributed by atoms with Crippen molar-refractivity contribution in [2.24, 2.45) is 5.73 Å². The molecule has 1 aliphatic rings. The lowest BCUT2D eigenvalue weighted by molar-refractivity contribution is -0.155. The molecule has 0 radical (unpaired) electrons. The average Bonchev–Trinajstić information content (AvgIpc) is 3.42. The second-order valence-electron chi connectivity index (χ2n) is 10.2. The monoisotopic (exact) mass is 645 g/mol. The SMILES string of the molecule is CC(C)(C)OC(=O)CC[C@H](NC(=O)CCN1C(=O)/C(=C/c2cc(-c3ccc(F)c(C(F)(F)F)c3)cs2)SC1=S)C(N)=O. The summed E-state index contributed by atoms with van der Waals surface area (Å²) in [4.78, 5) is 51.2. The minimum Gasteiger partial charge on any atom is -0.460 e. The van der Waals surface area contributed by atoms with Crippen molar-refractivity contribution >= 4 is 69.4 Å². The average molecular weight is 646 g/mol. The molecule has 42 heavy (non-hydrogen) atoms. The molecule has 1 atom stereocenters. The van der Waals surface area contributed by atoms with Crippen LogP contribution in [0.5, 0.6) is 0 Å². The fourth-order valence-corrected chi connectivity index (χ4v) is 5.97. The molecule has 0 bridgehead atoms. The van der Waals surface area contributed by atoms with Crippen molar-refractivity contribution in [1.82, 2.24) is 10.2 Å². The first-order chi connectivity index (χ1) is 19.4. The van der Waals surface area contributed by atoms with Crippen molar-refractivity contribution in [2.75, 3.05) is 6.54 Å². The number of benzene rings is 1. The molecule has 8 nitrogen and oxygen atoms in total. The van der Waals surface area contributed by atoms with Gasteiger partial charge in [0.1, 0.15) is 21.8 Å². The van der Waals surface area contributed by atoms with Crippen LogP contribution in [0.4, 0.5) is 17.6 Å². The fourth-order valence-electron chi connectivity index (χ4n) is 3.74. The van der Waals surface area contributed by atoms with Gasteiger partial charge < -0.3 is 15.8 Å². The van der Waals surface area contributed by atoms with Crippen molar-refractivity contribution in [2.45, 2.75) is 57.9 Å². The van der Waals surface area contributed by atoms with E-state index in [0.717, 1.165) is 23.9 Å². The first-order valence-electron chi connectivity index (χ1n) is 12.5. The number of primary amides is 1. The molecule has 0 saturated carbocycles. The van der Waals surface area contributed by atoms with E-state index in [0.29, 0.717) is 10.4 Å². The van der Waals surface area contributed by atoms with Crippen LogP contribution < -0.4 is 11.1 Å². The zero-order chi connectivity index (χ0) is 31.4. The highest BCUT2D eigenvalue weighted by molar-refractivity contribution is 8.26. The number of nitrogens with zero attached hydrogens (tertiary/aromatic N) is 1. The second-order valence-corrected chi connectivity index (χ2v) is 12.8. The summed E-state index contributed by atoms with van der Waals surface area (Å²) in [6.45, 7) is 5.01. The summed E-state index contributed by atoms with van der Waals surface area (Å²) in [6, 6.07) is 3.17. The highest BCUT2D eigenvalue weighted by atomic mass is 32.2. The minimum atomic E-state index is -4.84. The van der Waals surface area contributed by atoms with Gasteiger partial charge in [-0.2, -0.15) is 13.2 Å². The fraction of sp³-hybridized carbons (Fsp3) is 0.370. The Kier molecular flexibility index (Phi) is 10.5. The first-order valence-corrected chi connectivity index (χ1v) is 14.6. The molecule has 3 N–H and O–H groups in total. The number of nitrogens with one attached hydrogen (secondary N) is 1. The predicted octanol–water partition coefficient (Wildman–Crippen LogP) is 5.26. The van der Waals surface area contributed by atoms with Crippen LogP contribution in [0.1, 0.15) is 50.5 Å². The normalized spacial score (nSPS) is 15.7. The standard InChI is InChI=1S/C27H27F4N3O5S3/c1-26(2,3)39-22(36)7-6-19(23(32)37)33-21(35)8-9-34-24(38)20(42-25(34)40)12-16-10-15(13-41-16)14-4-5-18(28)17(11-14)27(29,30)31/h4-5,10-13,19H,6-9H2,1-3H3,(H2,32,37)(H,33,35)/b20-12-/t19-/m0/s1. The van der Waals surface area contributed by atoms with Crippen LogP contribution in [0.25, 0.3) is 17.2 Å². The van der Waals surface area contributed by atoms with Crippen LogP contribution in [-0.2, 0) is 30.1 Å². The van der Waals surface area contributed by atoms with Crippen LogP contribution in [0, 0.1) is 5.82 Å². The summed E-state index contributed by atoms with van der Waals surface area (Å²) in [5.41, 5.74) is 3.86. The molecule has 15 heteroatoms. The van der Waals surface area contributed by atoms with Crippen LogP contribution in [-0.4, -0.2) is 51.1 Å². The van der Waals surface area contributed by atoms with E-state index in [1.807, 2.05) is 0 Å². The Labute approximate surface area is 252 Å². The van der Waals surface area contributed by atoms with E-state index in [1.54, 1.807) is 32.2 Å². The molecule has 1 fully saturated rings. The quantitative estimate of drug-likeness (QED) is 0.157. The minimum absolute atomic E-state index is 0.0575. The number of ether oxygens (including phenoxy) is 1. The lowest BCUT2D eigenvalue weighted by atomic mass is 10.0. The predicted molar refractivity (Wildman–Crippen MR) is 155 cm³/mol. The van der Waals surface area contributed by atoms with Gasteiger partial charge in [0.05, 0.1) is 10.5 Å². The summed E-state index contributed by atoms with van der Waals surface area (Å²) in [5, 5.41) is 4.04. The molecular weight excluding hydrogens is 619 g/mol. The lowest BCUT2D eigenvalue weighted by Gasteiger charge is -2.21. The van der Waals surface area contributed by atoms with Gasteiger partial charge in [0.15, 0.2) is 0 Å². The molecule has 1 saturated heterocycles. The molecule has 0 unspecified atom stereocenters. The number of alkyl halides is 3. The molecule has 1 aromatic heterocycles. The van der Waals surface area contributed by atoms with Crippen molar-refractivity contribution in [1.29, 1.82) is 0 Å². The van der Waals surface area contributed by atoms with Gasteiger partial charge in [-0.15, -0.1) is 11.3 Å². The van der Waals surface area contributed by atoms with Gasteiger partial charge in [0.25, 0.3) is 5.91 Å². The van der Waals surface area contributed by atoms with Gasteiger partial charge in [-0.3, -0.25) is 24.1 Å². The molecule has 226 valence electrons. The number of hydrogen-bond acceptors (Lipinski definition) is 8. The summed E-state index contributed by atoms with van der Waals surface area (Å²) >= 11 is 7.45. The lowest BCUT2D eigenvalue weighted by Crippen LogP contribution is -2.45. The highest BCUT2D eigenvalue weighted by Crippen LogP contribution is 2.37. The number of thioether (sulfide) groups is 1. The van der Waals surface area contributed by atoms with Crippen molar-refractivity contribution < 1.29 is 41.5 Å². The Morgan fingerprint density at radius 2 is 1.83 bits per heavy atom. The molecule has 3 amide bonds. The van der Waals surface area contributed by atoms with Gasteiger partial charge in [0, 0.05) is 24.3 Å². The molecule has 1 aliphatic heterocycles. The zero-order valence-electron chi connectivity index (χ0n) is 22.7. The molecule has 3 rings (SSSR count). The van der Waals surface area contributed by atoms with Gasteiger partial charge in [-0.25, -0.2) is 4.39 Å². The Morgan fingerprint density at radius 3 is 2.45 bits per heavy atom. The van der Waals surface area contributed by atoms with Gasteiger partial charge in [0.2, 0.25) is 11.8 Å². The topological polar surface area (TPSA) is 119 Å². The third-order valence-electron chi connectivity index (χ3n) is 5.67. The molecule has 1 aromatic carbocycles. The first kappa shape index (κ1) is 33.2. The van der Waals surface area contributed by atoms with Crippen molar-refractivity contribution in [3.63, 3.8) is 0 Å². The van der Waals surface area contributed by atoms with Gasteiger partial charge in [-0.1, -0.05) is 30.0 Å². The maximum absolute atomic E-state index is 13.6. The van der Waals surface area contributed by atoms with E-state index in [9.17, 15) is 36.7 Å². The summed E-state index contributed by atoms with van der Waals surface area (Å²) in [5.74, 6) is -3.79. The molecule has 2 heterocycles. The van der Waals surface area contributed by atoms with E-state index in [4.69, 9.17) is 22.7 Å². The number of halogens is 4. The van der Waals surface area contributed by atoms with E-state index in [1.165, 1.54) is 28.4 Å². The van der Waals surface area contributed by atoms with Crippen molar-refractivity contribution in [3.05, 3.63) is 50.8 Å². The Bertz CT molecular complexity index is 1430. The Morgan fingerprint density at radius 1 is 1.14 bits per heavy atom. The van der Waals surface area contributed by atoms with E-state index in [-0.39, 0.29) is 40.6 Å². The zero-order valence-corrected chi connectivity index (χ0v) is 25.1. The number of esters is 1. The number of carbonyl (C=O) groups excluding carboxylic acids is 4. The number of nitrogens with two attached hydrogens (primary N) is 1. The summed E-state index contributed by atoms with van der Waals surface area (Å²) < 4.78 is 58.3.